The summed E-state index contributed by atoms with van der Waals surface area (Å²) < 4.78 is 0. The smallest absolute Gasteiger partial charge is 0.328 e. The van der Waals surface area contributed by atoms with E-state index in [9.17, 15) is 14.4 Å². The zero-order chi connectivity index (χ0) is 15.3. The van der Waals surface area contributed by atoms with E-state index < -0.39 is 36.6 Å². The summed E-state index contributed by atoms with van der Waals surface area (Å²) in [5.74, 6) is -2.14. The van der Waals surface area contributed by atoms with E-state index in [0.29, 0.717) is 19.4 Å². The topological polar surface area (TPSA) is 133 Å². The van der Waals surface area contributed by atoms with Gasteiger partial charge >= 0.3 is 5.97 Å². The summed E-state index contributed by atoms with van der Waals surface area (Å²) in [5.41, 5.74) is 5.60. The summed E-state index contributed by atoms with van der Waals surface area (Å²) in [7, 11) is 0. The van der Waals surface area contributed by atoms with E-state index in [4.69, 9.17) is 15.9 Å². The van der Waals surface area contributed by atoms with E-state index in [-0.39, 0.29) is 11.7 Å². The van der Waals surface area contributed by atoms with E-state index in [1.807, 2.05) is 0 Å². The van der Waals surface area contributed by atoms with Crippen LogP contribution in [0.3, 0.4) is 0 Å². The molecule has 1 aliphatic rings. The number of nitrogens with zero attached hydrogens (tertiary/aromatic N) is 1. The van der Waals surface area contributed by atoms with Gasteiger partial charge in [0.15, 0.2) is 0 Å². The zero-order valence-electron chi connectivity index (χ0n) is 10.9. The number of carboxylic acid groups (broad SMARTS) is 1. The molecule has 0 aromatic heterocycles. The lowest BCUT2D eigenvalue weighted by atomic mass is 10.1. The standard InChI is InChI=1S/C11H19N3O5S/c12-6(5-20)10(17)14-3-1-2-8(14)9(16)13-7(4-15)11(18)19/h6-8,15,20H,1-5,12H2,(H,13,16)(H,18,19)/t6-,7-,8-/m0/s1. The van der Waals surface area contributed by atoms with Gasteiger partial charge in [0.25, 0.3) is 0 Å². The fourth-order valence-electron chi connectivity index (χ4n) is 2.05. The van der Waals surface area contributed by atoms with E-state index in [1.54, 1.807) is 0 Å². The van der Waals surface area contributed by atoms with Gasteiger partial charge in [0.2, 0.25) is 11.8 Å². The molecule has 1 heterocycles. The molecule has 0 aliphatic carbocycles. The van der Waals surface area contributed by atoms with Gasteiger partial charge in [0.1, 0.15) is 12.1 Å². The predicted molar refractivity (Wildman–Crippen MR) is 73.2 cm³/mol. The zero-order valence-corrected chi connectivity index (χ0v) is 11.8. The predicted octanol–water partition coefficient (Wildman–Crippen LogP) is -2.20. The first-order valence-corrected chi connectivity index (χ1v) is 6.86. The molecule has 3 atom stereocenters. The first-order chi connectivity index (χ1) is 9.42. The first kappa shape index (κ1) is 16.7. The highest BCUT2D eigenvalue weighted by Crippen LogP contribution is 2.18. The minimum Gasteiger partial charge on any atom is -0.480 e. The van der Waals surface area contributed by atoms with Crippen molar-refractivity contribution in [2.24, 2.45) is 5.73 Å². The number of nitrogens with two attached hydrogens (primary N) is 1. The van der Waals surface area contributed by atoms with Crippen LogP contribution < -0.4 is 11.1 Å². The number of likely N-dealkylation sites (tertiary alicyclic amines) is 1. The molecule has 8 nitrogen and oxygen atoms in total. The number of carbonyl (C=O) groups is 3. The highest BCUT2D eigenvalue weighted by Gasteiger charge is 2.37. The van der Waals surface area contributed by atoms with Crippen molar-refractivity contribution in [3.63, 3.8) is 0 Å². The second-order valence-electron chi connectivity index (χ2n) is 4.56. The maximum absolute atomic E-state index is 12.0. The molecule has 0 unspecified atom stereocenters. The van der Waals surface area contributed by atoms with E-state index in [1.165, 1.54) is 4.90 Å². The van der Waals surface area contributed by atoms with Crippen LogP contribution in [0.25, 0.3) is 0 Å². The number of aliphatic hydroxyl groups excluding tert-OH is 1. The lowest BCUT2D eigenvalue weighted by Gasteiger charge is -2.27. The van der Waals surface area contributed by atoms with Crippen LogP contribution in [0.5, 0.6) is 0 Å². The molecular formula is C11H19N3O5S. The first-order valence-electron chi connectivity index (χ1n) is 6.23. The number of aliphatic hydroxyl groups is 1. The van der Waals surface area contributed by atoms with Gasteiger partial charge in [-0.3, -0.25) is 9.59 Å². The Morgan fingerprint density at radius 3 is 2.60 bits per heavy atom. The van der Waals surface area contributed by atoms with Crippen molar-refractivity contribution >= 4 is 30.4 Å². The number of carbonyl (C=O) groups excluding carboxylic acids is 2. The second-order valence-corrected chi connectivity index (χ2v) is 4.93. The molecule has 0 aromatic carbocycles. The Morgan fingerprint density at radius 1 is 1.45 bits per heavy atom. The van der Waals surface area contributed by atoms with Gasteiger partial charge in [-0.05, 0) is 12.8 Å². The summed E-state index contributed by atoms with van der Waals surface area (Å²) in [6, 6.07) is -2.92. The number of thiol groups is 1. The van der Waals surface area contributed by atoms with Crippen molar-refractivity contribution in [2.75, 3.05) is 18.9 Å². The van der Waals surface area contributed by atoms with Crippen molar-refractivity contribution in [2.45, 2.75) is 31.0 Å². The summed E-state index contributed by atoms with van der Waals surface area (Å²) >= 11 is 3.94. The number of hydrogen-bond donors (Lipinski definition) is 5. The van der Waals surface area contributed by atoms with Crippen LogP contribution in [-0.2, 0) is 14.4 Å². The van der Waals surface area contributed by atoms with E-state index >= 15 is 0 Å². The van der Waals surface area contributed by atoms with Crippen molar-refractivity contribution in [1.82, 2.24) is 10.2 Å². The van der Waals surface area contributed by atoms with Crippen LogP contribution in [-0.4, -0.2) is 69.9 Å². The van der Waals surface area contributed by atoms with Crippen LogP contribution in [0, 0.1) is 0 Å². The minimum absolute atomic E-state index is 0.165. The fraction of sp³-hybridized carbons (Fsp3) is 0.727. The molecule has 114 valence electrons. The van der Waals surface area contributed by atoms with Crippen LogP contribution in [0.1, 0.15) is 12.8 Å². The number of hydrogen-bond acceptors (Lipinski definition) is 6. The van der Waals surface area contributed by atoms with Gasteiger partial charge in [-0.2, -0.15) is 12.6 Å². The average Bonchev–Trinajstić information content (AvgIpc) is 2.91. The Balaban J connectivity index is 2.71. The second kappa shape index (κ2) is 7.46. The lowest BCUT2D eigenvalue weighted by molar-refractivity contribution is -0.145. The molecule has 1 fully saturated rings. The third-order valence-corrected chi connectivity index (χ3v) is 3.54. The molecule has 9 heteroatoms. The molecule has 0 bridgehead atoms. The average molecular weight is 305 g/mol. The van der Waals surface area contributed by atoms with Gasteiger partial charge in [-0.15, -0.1) is 0 Å². The maximum Gasteiger partial charge on any atom is 0.328 e. The number of aliphatic carboxylic acids is 1. The van der Waals surface area contributed by atoms with E-state index in [0.717, 1.165) is 0 Å². The van der Waals surface area contributed by atoms with Crippen LogP contribution in [0.4, 0.5) is 0 Å². The molecule has 1 saturated heterocycles. The summed E-state index contributed by atoms with van der Waals surface area (Å²) in [6.07, 6.45) is 1.08. The van der Waals surface area contributed by atoms with E-state index in [2.05, 4.69) is 17.9 Å². The highest BCUT2D eigenvalue weighted by molar-refractivity contribution is 7.80. The van der Waals surface area contributed by atoms with Gasteiger partial charge in [-0.25, -0.2) is 4.79 Å². The third-order valence-electron chi connectivity index (χ3n) is 3.15. The third kappa shape index (κ3) is 3.84. The van der Waals surface area contributed by atoms with Crippen LogP contribution >= 0.6 is 12.6 Å². The highest BCUT2D eigenvalue weighted by atomic mass is 32.1. The Hall–Kier alpha value is -1.32. The fourth-order valence-corrected chi connectivity index (χ4v) is 2.20. The van der Waals surface area contributed by atoms with Gasteiger partial charge in [-0.1, -0.05) is 0 Å². The van der Waals surface area contributed by atoms with Gasteiger partial charge in [0, 0.05) is 12.3 Å². The largest absolute Gasteiger partial charge is 0.480 e. The molecule has 0 aromatic rings. The molecule has 0 spiro atoms. The molecule has 1 rings (SSSR count). The summed E-state index contributed by atoms with van der Waals surface area (Å²) in [6.45, 7) is -0.312. The van der Waals surface area contributed by atoms with Crippen molar-refractivity contribution in [1.29, 1.82) is 0 Å². The lowest BCUT2D eigenvalue weighted by Crippen LogP contribution is -2.54. The summed E-state index contributed by atoms with van der Waals surface area (Å²) in [5, 5.41) is 19.9. The monoisotopic (exact) mass is 305 g/mol. The van der Waals surface area contributed by atoms with Crippen LogP contribution in [0.15, 0.2) is 0 Å². The Morgan fingerprint density at radius 2 is 2.10 bits per heavy atom. The minimum atomic E-state index is -1.38. The van der Waals surface area contributed by atoms with Crippen LogP contribution in [0.2, 0.25) is 0 Å². The molecule has 1 aliphatic heterocycles. The summed E-state index contributed by atoms with van der Waals surface area (Å²) in [4.78, 5) is 36.1. The van der Waals surface area contributed by atoms with Gasteiger partial charge in [0.05, 0.1) is 12.6 Å². The number of carboxylic acids is 1. The normalized spacial score (nSPS) is 21.4. The molecule has 5 N–H and O–H groups in total. The Labute approximate surface area is 121 Å². The number of nitrogens with one attached hydrogen (secondary N) is 1. The van der Waals surface area contributed by atoms with Crippen molar-refractivity contribution < 1.29 is 24.6 Å². The molecule has 0 saturated carbocycles. The van der Waals surface area contributed by atoms with Gasteiger partial charge < -0.3 is 26.2 Å². The number of rotatable bonds is 6. The quantitative estimate of drug-likeness (QED) is 0.354. The Bertz CT molecular complexity index is 392. The molecule has 2 amide bonds. The van der Waals surface area contributed by atoms with Crippen molar-refractivity contribution in [3.05, 3.63) is 0 Å². The Kier molecular flexibility index (Phi) is 6.24. The number of amides is 2. The molecule has 20 heavy (non-hydrogen) atoms. The van der Waals surface area contributed by atoms with Crippen molar-refractivity contribution in [3.8, 4) is 0 Å². The maximum atomic E-state index is 12.0. The molecular weight excluding hydrogens is 286 g/mol. The SMILES string of the molecule is N[C@@H](CS)C(=O)N1CCC[C@H]1C(=O)N[C@@H](CO)C(=O)O. The molecule has 0 radical (unpaired) electrons.